The van der Waals surface area contributed by atoms with Gasteiger partial charge in [-0.05, 0) is 0 Å². The van der Waals surface area contributed by atoms with Crippen LogP contribution < -0.4 is 0 Å². The fourth-order valence-electron chi connectivity index (χ4n) is 0. The van der Waals surface area contributed by atoms with Gasteiger partial charge in [0, 0.05) is 0 Å². The zero-order valence-corrected chi connectivity index (χ0v) is 6.73. The van der Waals surface area contributed by atoms with Gasteiger partial charge in [-0.15, -0.1) is 0 Å². The summed E-state index contributed by atoms with van der Waals surface area (Å²) in [5.74, 6) is 0. The van der Waals surface area contributed by atoms with Crippen LogP contribution in [0.25, 0.3) is 0 Å². The number of nitrogens with zero attached hydrogens (tertiary/aromatic N) is 1. The Kier molecular flexibility index (Phi) is 55.4. The molecule has 0 aliphatic carbocycles. The van der Waals surface area contributed by atoms with E-state index in [0.717, 1.165) is 0 Å². The molecule has 0 aromatic heterocycles. The Bertz CT molecular complexity index is 34.7. The van der Waals surface area contributed by atoms with Crippen LogP contribution in [-0.2, 0) is 5.48 Å². The van der Waals surface area contributed by atoms with Crippen LogP contribution in [0.15, 0.2) is 0 Å². The van der Waals surface area contributed by atoms with E-state index in [4.69, 9.17) is 15.3 Å². The van der Waals surface area contributed by atoms with E-state index in [0.29, 0.717) is 0 Å². The van der Waals surface area contributed by atoms with Crippen LogP contribution in [-0.4, -0.2) is 60.2 Å². The molecule has 32 valence electrons. The van der Waals surface area contributed by atoms with Crippen molar-refractivity contribution in [2.24, 2.45) is 0 Å². The second-order valence-corrected chi connectivity index (χ2v) is 0.224. The van der Waals surface area contributed by atoms with Gasteiger partial charge >= 0.3 is 55.1 Å². The van der Waals surface area contributed by atoms with E-state index in [2.05, 4.69) is 0 Å². The van der Waals surface area contributed by atoms with Crippen LogP contribution in [0.1, 0.15) is 0 Å². The summed E-state index contributed by atoms with van der Waals surface area (Å²) in [5.41, 5.74) is 0. The molecule has 7 heteroatoms. The molecular formula is AlCaNO4+2. The molecule has 0 amide bonds. The van der Waals surface area contributed by atoms with E-state index >= 15 is 0 Å². The van der Waals surface area contributed by atoms with Gasteiger partial charge in [0.25, 0.3) is 0 Å². The molecule has 0 fully saturated rings. The van der Waals surface area contributed by atoms with Gasteiger partial charge < -0.3 is 20.8 Å². The number of hydrogen-bond acceptors (Lipinski definition) is 3. The summed E-state index contributed by atoms with van der Waals surface area (Å²) >= 11 is 0. The van der Waals surface area contributed by atoms with E-state index in [1.807, 2.05) is 0 Å². The molecule has 0 aromatic carbocycles. The Hall–Kier alpha value is 0.952. The van der Waals surface area contributed by atoms with Crippen LogP contribution in [0.4, 0.5) is 0 Å². The van der Waals surface area contributed by atoms with Crippen molar-refractivity contribution >= 4 is 55.1 Å². The predicted octanol–water partition coefficient (Wildman–Crippen LogP) is -1.12. The predicted molar refractivity (Wildman–Crippen MR) is 22.6 cm³/mol. The van der Waals surface area contributed by atoms with Gasteiger partial charge in [0.15, 0.2) is 0 Å². The van der Waals surface area contributed by atoms with Crippen molar-refractivity contribution in [1.29, 1.82) is 0 Å². The van der Waals surface area contributed by atoms with Crippen LogP contribution in [0.2, 0.25) is 0 Å². The minimum atomic E-state index is -1.75. The maximum atomic E-state index is 8.25. The SMILES string of the molecule is O=[N+]([O-])[O-].[Al+3].[Ca+2].[O-2]. The molecule has 0 bridgehead atoms. The molecule has 0 aliphatic heterocycles. The van der Waals surface area contributed by atoms with Gasteiger partial charge in [-0.25, -0.2) is 0 Å². The standard InChI is InChI=1S/Al.Ca.NO3.O/c;;2-1(3)4;/q+3;+2;-1;-2. The second-order valence-electron chi connectivity index (χ2n) is 0.224. The van der Waals surface area contributed by atoms with Crippen molar-refractivity contribution < 1.29 is 10.6 Å². The van der Waals surface area contributed by atoms with E-state index in [9.17, 15) is 0 Å². The normalized spacial score (nSPS) is 3.43. The molecule has 0 radical (unpaired) electrons. The summed E-state index contributed by atoms with van der Waals surface area (Å²) in [6.07, 6.45) is 0. The first-order chi connectivity index (χ1) is 1.73. The Morgan fingerprint density at radius 3 is 1.29 bits per heavy atom. The Morgan fingerprint density at radius 2 is 1.29 bits per heavy atom. The molecule has 0 N–H and O–H groups in total. The van der Waals surface area contributed by atoms with Crippen LogP contribution in [0.5, 0.6) is 0 Å². The molecule has 0 unspecified atom stereocenters. The molecule has 0 saturated carbocycles. The zero-order valence-electron chi connectivity index (χ0n) is 3.36. The summed E-state index contributed by atoms with van der Waals surface area (Å²) in [4.78, 5) is 8.25. The van der Waals surface area contributed by atoms with Crippen molar-refractivity contribution in [3.05, 3.63) is 15.3 Å². The first-order valence-corrected chi connectivity index (χ1v) is 0.548. The molecule has 0 rings (SSSR count). The molecule has 0 spiro atoms. The third kappa shape index (κ3) is 188. The third-order valence-corrected chi connectivity index (χ3v) is 0. The first kappa shape index (κ1) is 24.6. The monoisotopic (exact) mass is 145 g/mol. The minimum absolute atomic E-state index is 0. The van der Waals surface area contributed by atoms with Crippen molar-refractivity contribution in [2.75, 3.05) is 0 Å². The fraction of sp³-hybridized carbons (Fsp3) is 0. The molecule has 0 aliphatic rings. The van der Waals surface area contributed by atoms with Gasteiger partial charge in [-0.3, -0.25) is 0 Å². The van der Waals surface area contributed by atoms with Gasteiger partial charge in [0.05, 0.1) is 5.09 Å². The molecule has 0 atom stereocenters. The fourth-order valence-corrected chi connectivity index (χ4v) is 0. The minimum Gasteiger partial charge on any atom is -2.00 e. The van der Waals surface area contributed by atoms with Crippen molar-refractivity contribution in [2.45, 2.75) is 0 Å². The van der Waals surface area contributed by atoms with Gasteiger partial charge in [-0.1, -0.05) is 0 Å². The second kappa shape index (κ2) is 15.8. The summed E-state index contributed by atoms with van der Waals surface area (Å²) in [6.45, 7) is 0. The van der Waals surface area contributed by atoms with E-state index in [1.54, 1.807) is 0 Å². The van der Waals surface area contributed by atoms with E-state index in [1.165, 1.54) is 0 Å². The van der Waals surface area contributed by atoms with Crippen LogP contribution in [0, 0.1) is 15.3 Å². The quantitative estimate of drug-likeness (QED) is 0.245. The van der Waals surface area contributed by atoms with Crippen molar-refractivity contribution in [3.63, 3.8) is 0 Å². The molecule has 0 saturated heterocycles. The maximum absolute atomic E-state index is 8.25. The largest absolute Gasteiger partial charge is 3.00 e. The first-order valence-electron chi connectivity index (χ1n) is 0.548. The Morgan fingerprint density at radius 1 is 1.29 bits per heavy atom. The van der Waals surface area contributed by atoms with E-state index < -0.39 is 5.09 Å². The molecule has 7 heavy (non-hydrogen) atoms. The number of hydrogen-bond donors (Lipinski definition) is 0. The zero-order chi connectivity index (χ0) is 3.58. The third-order valence-electron chi connectivity index (χ3n) is 0. The summed E-state index contributed by atoms with van der Waals surface area (Å²) < 4.78 is 0. The van der Waals surface area contributed by atoms with Crippen molar-refractivity contribution in [3.8, 4) is 0 Å². The topological polar surface area (TPSA) is 94.7 Å². The van der Waals surface area contributed by atoms with Crippen LogP contribution >= 0.6 is 0 Å². The molecule has 5 nitrogen and oxygen atoms in total. The van der Waals surface area contributed by atoms with Gasteiger partial charge in [0.1, 0.15) is 0 Å². The summed E-state index contributed by atoms with van der Waals surface area (Å²) in [5, 5.41) is 14.8. The Balaban J connectivity index is -0.0000000150. The van der Waals surface area contributed by atoms with Crippen LogP contribution in [0.3, 0.4) is 0 Å². The molecule has 0 aromatic rings. The van der Waals surface area contributed by atoms with Crippen molar-refractivity contribution in [1.82, 2.24) is 0 Å². The smallest absolute Gasteiger partial charge is 2.00 e. The average Bonchev–Trinajstić information content (AvgIpc) is 0.811. The Labute approximate surface area is 80.2 Å². The molecular weight excluding hydrogens is 145 g/mol. The number of rotatable bonds is 0. The maximum Gasteiger partial charge on any atom is 3.00 e. The summed E-state index contributed by atoms with van der Waals surface area (Å²) in [6, 6.07) is 0. The molecule has 0 heterocycles. The summed E-state index contributed by atoms with van der Waals surface area (Å²) in [7, 11) is 0. The average molecular weight is 145 g/mol. The van der Waals surface area contributed by atoms with Gasteiger partial charge in [-0.2, -0.15) is 0 Å². The van der Waals surface area contributed by atoms with Gasteiger partial charge in [0.2, 0.25) is 0 Å². The van der Waals surface area contributed by atoms with E-state index in [-0.39, 0.29) is 60.6 Å².